The zero-order valence-corrected chi connectivity index (χ0v) is 18.4. The van der Waals surface area contributed by atoms with Gasteiger partial charge in [-0.05, 0) is 50.6 Å². The van der Waals surface area contributed by atoms with Crippen molar-refractivity contribution in [2.24, 2.45) is 0 Å². The first-order chi connectivity index (χ1) is 15.0. The van der Waals surface area contributed by atoms with Crippen molar-refractivity contribution in [3.05, 3.63) is 47.5 Å². The molecule has 0 aliphatic rings. The van der Waals surface area contributed by atoms with Crippen LogP contribution < -0.4 is 24.3 Å². The first kappa shape index (κ1) is 23.9. The summed E-state index contributed by atoms with van der Waals surface area (Å²) in [5, 5.41) is 2.71. The van der Waals surface area contributed by atoms with Gasteiger partial charge in [0.05, 0.1) is 32.5 Å². The van der Waals surface area contributed by atoms with Crippen molar-refractivity contribution >= 4 is 11.9 Å². The minimum atomic E-state index is -0.665. The normalized spacial score (nSPS) is 10.2. The van der Waals surface area contributed by atoms with Crippen molar-refractivity contribution in [1.29, 1.82) is 0 Å². The third-order valence-electron chi connectivity index (χ3n) is 4.10. The SMILES string of the molecule is CCOc1cc(C(=O)OCC(=O)NCc2cccc(OC)c2)cc(OCC)c1OCC. The Kier molecular flexibility index (Phi) is 9.48. The average Bonchev–Trinajstić information content (AvgIpc) is 2.78. The first-order valence-electron chi connectivity index (χ1n) is 10.1. The van der Waals surface area contributed by atoms with Crippen LogP contribution in [-0.2, 0) is 16.1 Å². The van der Waals surface area contributed by atoms with Gasteiger partial charge in [-0.3, -0.25) is 4.79 Å². The molecule has 0 aromatic heterocycles. The molecule has 2 aromatic rings. The van der Waals surface area contributed by atoms with Gasteiger partial charge in [-0.15, -0.1) is 0 Å². The number of amides is 1. The quantitative estimate of drug-likeness (QED) is 0.515. The van der Waals surface area contributed by atoms with E-state index in [-0.39, 0.29) is 5.56 Å². The van der Waals surface area contributed by atoms with Crippen LogP contribution in [-0.4, -0.2) is 45.4 Å². The highest BCUT2D eigenvalue weighted by Crippen LogP contribution is 2.39. The second kappa shape index (κ2) is 12.3. The molecule has 0 atom stereocenters. The molecular formula is C23H29NO7. The number of hydrogen-bond acceptors (Lipinski definition) is 7. The van der Waals surface area contributed by atoms with Gasteiger partial charge in [-0.25, -0.2) is 4.79 Å². The van der Waals surface area contributed by atoms with E-state index in [2.05, 4.69) is 5.32 Å². The number of carbonyl (C=O) groups excluding carboxylic acids is 2. The predicted octanol–water partition coefficient (Wildman–Crippen LogP) is 3.36. The van der Waals surface area contributed by atoms with Crippen LogP contribution in [0.1, 0.15) is 36.7 Å². The molecule has 0 aliphatic carbocycles. The summed E-state index contributed by atoms with van der Waals surface area (Å²) in [6.07, 6.45) is 0. The Bertz CT molecular complexity index is 855. The zero-order chi connectivity index (χ0) is 22.6. The van der Waals surface area contributed by atoms with E-state index < -0.39 is 18.5 Å². The van der Waals surface area contributed by atoms with E-state index in [0.717, 1.165) is 5.56 Å². The van der Waals surface area contributed by atoms with Crippen molar-refractivity contribution in [3.63, 3.8) is 0 Å². The summed E-state index contributed by atoms with van der Waals surface area (Å²) >= 11 is 0. The minimum Gasteiger partial charge on any atom is -0.497 e. The van der Waals surface area contributed by atoms with Gasteiger partial charge < -0.3 is 29.0 Å². The molecule has 168 valence electrons. The smallest absolute Gasteiger partial charge is 0.338 e. The van der Waals surface area contributed by atoms with E-state index in [1.165, 1.54) is 12.1 Å². The van der Waals surface area contributed by atoms with Gasteiger partial charge >= 0.3 is 5.97 Å². The minimum absolute atomic E-state index is 0.205. The molecule has 8 heteroatoms. The van der Waals surface area contributed by atoms with Crippen molar-refractivity contribution in [2.45, 2.75) is 27.3 Å². The summed E-state index contributed by atoms with van der Waals surface area (Å²) < 4.78 is 27.1. The Balaban J connectivity index is 2.02. The highest BCUT2D eigenvalue weighted by atomic mass is 16.5. The highest BCUT2D eigenvalue weighted by Gasteiger charge is 2.19. The summed E-state index contributed by atoms with van der Waals surface area (Å²) in [7, 11) is 1.58. The van der Waals surface area contributed by atoms with E-state index in [4.69, 9.17) is 23.7 Å². The lowest BCUT2D eigenvalue weighted by Crippen LogP contribution is -2.28. The van der Waals surface area contributed by atoms with Gasteiger partial charge in [0.1, 0.15) is 5.75 Å². The fourth-order valence-corrected chi connectivity index (χ4v) is 2.76. The third-order valence-corrected chi connectivity index (χ3v) is 4.10. The van der Waals surface area contributed by atoms with Crippen molar-refractivity contribution in [3.8, 4) is 23.0 Å². The van der Waals surface area contributed by atoms with Crippen molar-refractivity contribution < 1.29 is 33.3 Å². The van der Waals surface area contributed by atoms with E-state index in [1.54, 1.807) is 7.11 Å². The summed E-state index contributed by atoms with van der Waals surface area (Å²) in [5.74, 6) is 0.802. The Morgan fingerprint density at radius 3 is 2.13 bits per heavy atom. The van der Waals surface area contributed by atoms with E-state index in [9.17, 15) is 9.59 Å². The van der Waals surface area contributed by atoms with Crippen LogP contribution in [0, 0.1) is 0 Å². The molecule has 0 spiro atoms. The molecule has 2 aromatic carbocycles. The van der Waals surface area contributed by atoms with Gasteiger partial charge in [0, 0.05) is 6.54 Å². The zero-order valence-electron chi connectivity index (χ0n) is 18.4. The number of hydrogen-bond donors (Lipinski definition) is 1. The molecule has 1 N–H and O–H groups in total. The lowest BCUT2D eigenvalue weighted by atomic mass is 10.2. The molecule has 0 aliphatic heterocycles. The van der Waals surface area contributed by atoms with Crippen LogP contribution in [0.15, 0.2) is 36.4 Å². The lowest BCUT2D eigenvalue weighted by molar-refractivity contribution is -0.124. The first-order valence-corrected chi connectivity index (χ1v) is 10.1. The molecule has 0 unspecified atom stereocenters. The number of methoxy groups -OCH3 is 1. The fraction of sp³-hybridized carbons (Fsp3) is 0.391. The molecule has 0 fully saturated rings. The number of nitrogens with one attached hydrogen (secondary N) is 1. The van der Waals surface area contributed by atoms with Crippen LogP contribution in [0.25, 0.3) is 0 Å². The molecule has 1 amide bonds. The van der Waals surface area contributed by atoms with Crippen LogP contribution >= 0.6 is 0 Å². The Hall–Kier alpha value is -3.42. The highest BCUT2D eigenvalue weighted by molar-refractivity contribution is 5.92. The maximum atomic E-state index is 12.5. The second-order valence-corrected chi connectivity index (χ2v) is 6.31. The largest absolute Gasteiger partial charge is 0.497 e. The molecule has 0 bridgehead atoms. The van der Waals surface area contributed by atoms with Crippen molar-refractivity contribution in [1.82, 2.24) is 5.32 Å². The van der Waals surface area contributed by atoms with Crippen molar-refractivity contribution in [2.75, 3.05) is 33.5 Å². The standard InChI is InChI=1S/C23H29NO7/c1-5-28-19-12-17(13-20(29-6-2)22(19)30-7-3)23(26)31-15-21(25)24-14-16-9-8-10-18(11-16)27-4/h8-13H,5-7,14-15H2,1-4H3,(H,24,25). The maximum absolute atomic E-state index is 12.5. The van der Waals surface area contributed by atoms with E-state index in [1.807, 2.05) is 45.0 Å². The molecule has 8 nitrogen and oxygen atoms in total. The maximum Gasteiger partial charge on any atom is 0.338 e. The summed E-state index contributed by atoms with van der Waals surface area (Å²) in [5.41, 5.74) is 1.07. The fourth-order valence-electron chi connectivity index (χ4n) is 2.76. The third kappa shape index (κ3) is 7.09. The lowest BCUT2D eigenvalue weighted by Gasteiger charge is -2.16. The predicted molar refractivity (Wildman–Crippen MR) is 115 cm³/mol. The Morgan fingerprint density at radius 2 is 1.55 bits per heavy atom. The number of carbonyl (C=O) groups is 2. The van der Waals surface area contributed by atoms with Gasteiger partial charge in [-0.2, -0.15) is 0 Å². The Labute approximate surface area is 182 Å². The van der Waals surface area contributed by atoms with Crippen LogP contribution in [0.3, 0.4) is 0 Å². The summed E-state index contributed by atoms with van der Waals surface area (Å²) in [6.45, 7) is 6.56. The molecule has 0 saturated carbocycles. The summed E-state index contributed by atoms with van der Waals surface area (Å²) in [6, 6.07) is 10.4. The number of esters is 1. The molecule has 31 heavy (non-hydrogen) atoms. The van der Waals surface area contributed by atoms with Gasteiger partial charge in [0.15, 0.2) is 18.1 Å². The van der Waals surface area contributed by atoms with Gasteiger partial charge in [0.25, 0.3) is 5.91 Å². The van der Waals surface area contributed by atoms with Gasteiger partial charge in [0.2, 0.25) is 5.75 Å². The van der Waals surface area contributed by atoms with Crippen LogP contribution in [0.2, 0.25) is 0 Å². The topological polar surface area (TPSA) is 92.3 Å². The molecular weight excluding hydrogens is 402 g/mol. The monoisotopic (exact) mass is 431 g/mol. The van der Waals surface area contributed by atoms with Crippen LogP contribution in [0.4, 0.5) is 0 Å². The second-order valence-electron chi connectivity index (χ2n) is 6.31. The average molecular weight is 431 g/mol. The van der Waals surface area contributed by atoms with E-state index in [0.29, 0.717) is 49.4 Å². The number of benzene rings is 2. The van der Waals surface area contributed by atoms with E-state index >= 15 is 0 Å². The molecule has 0 saturated heterocycles. The molecule has 2 rings (SSSR count). The van der Waals surface area contributed by atoms with Gasteiger partial charge in [-0.1, -0.05) is 12.1 Å². The summed E-state index contributed by atoms with van der Waals surface area (Å²) in [4.78, 5) is 24.6. The van der Waals surface area contributed by atoms with Crippen LogP contribution in [0.5, 0.6) is 23.0 Å². The number of rotatable bonds is 12. The molecule has 0 heterocycles. The number of ether oxygens (including phenoxy) is 5. The molecule has 0 radical (unpaired) electrons. The Morgan fingerprint density at radius 1 is 0.903 bits per heavy atom.